The third kappa shape index (κ3) is 6.53. The van der Waals surface area contributed by atoms with Crippen LogP contribution in [0.4, 0.5) is 11.4 Å². The maximum atomic E-state index is 13.4. The van der Waals surface area contributed by atoms with E-state index in [9.17, 15) is 19.2 Å². The van der Waals surface area contributed by atoms with Crippen LogP contribution in [0, 0.1) is 6.92 Å². The first kappa shape index (κ1) is 30.2. The van der Waals surface area contributed by atoms with Gasteiger partial charge in [0.05, 0.1) is 23.7 Å². The average molecular weight is 622 g/mol. The summed E-state index contributed by atoms with van der Waals surface area (Å²) in [5, 5.41) is 0.683. The predicted octanol–water partition coefficient (Wildman–Crippen LogP) is 5.81. The molecule has 4 aromatic carbocycles. The van der Waals surface area contributed by atoms with Gasteiger partial charge in [0, 0.05) is 42.5 Å². The van der Waals surface area contributed by atoms with Crippen molar-refractivity contribution in [3.63, 3.8) is 0 Å². The number of ketones is 1. The molecule has 2 aliphatic rings. The number of Topliss-reactive ketones (excluding diaryl/α,β-unsaturated/α-hetero) is 1. The van der Waals surface area contributed by atoms with Crippen molar-refractivity contribution in [3.05, 3.63) is 119 Å². The molecule has 0 aliphatic carbocycles. The van der Waals surface area contributed by atoms with Crippen molar-refractivity contribution >= 4 is 46.5 Å². The summed E-state index contributed by atoms with van der Waals surface area (Å²) < 4.78 is 5.26. The SMILES string of the molecule is Cc1ccc(Cl)cc1N1CCN(C2CC(=O)N(c3ccc(C(=O)OCC(=O)c4ccc(-c5ccccc5)cc4)cc3)C2=O)CC1. The van der Waals surface area contributed by atoms with Crippen LogP contribution in [0.25, 0.3) is 11.1 Å². The summed E-state index contributed by atoms with van der Waals surface area (Å²) in [6.07, 6.45) is 0.104. The largest absolute Gasteiger partial charge is 0.454 e. The van der Waals surface area contributed by atoms with Gasteiger partial charge in [-0.15, -0.1) is 0 Å². The van der Waals surface area contributed by atoms with E-state index < -0.39 is 18.6 Å². The molecule has 2 amide bonds. The standard InChI is InChI=1S/C36H32ClN3O5/c1-24-7-14-29(37)21-31(24)38-17-19-39(20-18-38)32-22-34(42)40(35(32)43)30-15-12-28(13-16-30)36(44)45-23-33(41)27-10-8-26(9-11-27)25-5-3-2-4-6-25/h2-16,21,32H,17-20,22-23H2,1H3. The lowest BCUT2D eigenvalue weighted by molar-refractivity contribution is -0.123. The summed E-state index contributed by atoms with van der Waals surface area (Å²) in [7, 11) is 0. The van der Waals surface area contributed by atoms with E-state index in [1.54, 1.807) is 24.3 Å². The topological polar surface area (TPSA) is 87.2 Å². The monoisotopic (exact) mass is 621 g/mol. The van der Waals surface area contributed by atoms with Crippen molar-refractivity contribution in [1.82, 2.24) is 4.90 Å². The van der Waals surface area contributed by atoms with Gasteiger partial charge >= 0.3 is 5.97 Å². The number of piperazine rings is 1. The molecular formula is C36H32ClN3O5. The maximum Gasteiger partial charge on any atom is 0.338 e. The van der Waals surface area contributed by atoms with E-state index in [1.165, 1.54) is 17.0 Å². The minimum Gasteiger partial charge on any atom is -0.454 e. The van der Waals surface area contributed by atoms with E-state index >= 15 is 0 Å². The van der Waals surface area contributed by atoms with Crippen LogP contribution in [0.15, 0.2) is 97.1 Å². The molecule has 228 valence electrons. The Labute approximate surface area is 266 Å². The smallest absolute Gasteiger partial charge is 0.338 e. The summed E-state index contributed by atoms with van der Waals surface area (Å²) in [6, 6.07) is 28.4. The number of halogens is 1. The number of hydrogen-bond acceptors (Lipinski definition) is 7. The second-order valence-corrected chi connectivity index (χ2v) is 11.7. The molecule has 2 heterocycles. The Hall–Kier alpha value is -4.79. The zero-order valence-electron chi connectivity index (χ0n) is 24.8. The van der Waals surface area contributed by atoms with Gasteiger partial charge in [0.15, 0.2) is 12.4 Å². The Bertz CT molecular complexity index is 1730. The van der Waals surface area contributed by atoms with E-state index in [4.69, 9.17) is 16.3 Å². The van der Waals surface area contributed by atoms with E-state index in [0.29, 0.717) is 29.4 Å². The number of anilines is 2. The van der Waals surface area contributed by atoms with Crippen molar-refractivity contribution < 1.29 is 23.9 Å². The Balaban J connectivity index is 1.03. The number of benzene rings is 4. The highest BCUT2D eigenvalue weighted by Gasteiger charge is 2.43. The summed E-state index contributed by atoms with van der Waals surface area (Å²) in [6.45, 7) is 4.37. The van der Waals surface area contributed by atoms with Crippen LogP contribution in [0.2, 0.25) is 5.02 Å². The van der Waals surface area contributed by atoms with E-state index in [2.05, 4.69) is 9.80 Å². The second kappa shape index (κ2) is 13.1. The molecule has 0 aromatic heterocycles. The maximum absolute atomic E-state index is 13.4. The third-order valence-corrected chi connectivity index (χ3v) is 8.63. The Kier molecular flexibility index (Phi) is 8.78. The van der Waals surface area contributed by atoms with E-state index in [0.717, 1.165) is 35.5 Å². The first-order valence-electron chi connectivity index (χ1n) is 14.9. The second-order valence-electron chi connectivity index (χ2n) is 11.2. The molecule has 6 rings (SSSR count). The molecule has 0 spiro atoms. The Morgan fingerprint density at radius 2 is 1.44 bits per heavy atom. The zero-order chi connectivity index (χ0) is 31.5. The molecule has 9 heteroatoms. The van der Waals surface area contributed by atoms with Crippen LogP contribution in [-0.4, -0.2) is 67.3 Å². The van der Waals surface area contributed by atoms with Gasteiger partial charge in [0.1, 0.15) is 0 Å². The van der Waals surface area contributed by atoms with Gasteiger partial charge in [-0.05, 0) is 60.0 Å². The van der Waals surface area contributed by atoms with Crippen LogP contribution in [0.3, 0.4) is 0 Å². The lowest BCUT2D eigenvalue weighted by atomic mass is 10.0. The predicted molar refractivity (Wildman–Crippen MR) is 174 cm³/mol. The number of ether oxygens (including phenoxy) is 1. The number of nitrogens with zero attached hydrogens (tertiary/aromatic N) is 3. The number of esters is 1. The minimum atomic E-state index is -0.666. The van der Waals surface area contributed by atoms with Gasteiger partial charge in [-0.25, -0.2) is 9.69 Å². The zero-order valence-corrected chi connectivity index (χ0v) is 25.6. The van der Waals surface area contributed by atoms with Gasteiger partial charge in [-0.3, -0.25) is 19.3 Å². The molecule has 1 unspecified atom stereocenters. The average Bonchev–Trinajstić information content (AvgIpc) is 3.38. The fourth-order valence-corrected chi connectivity index (χ4v) is 6.06. The lowest BCUT2D eigenvalue weighted by Gasteiger charge is -2.38. The van der Waals surface area contributed by atoms with Crippen LogP contribution >= 0.6 is 11.6 Å². The van der Waals surface area contributed by atoms with E-state index in [-0.39, 0.29) is 29.6 Å². The van der Waals surface area contributed by atoms with Crippen molar-refractivity contribution in [2.24, 2.45) is 0 Å². The minimum absolute atomic E-state index is 0.104. The fraction of sp³-hybridized carbons (Fsp3) is 0.222. The molecule has 0 N–H and O–H groups in total. The number of hydrogen-bond donors (Lipinski definition) is 0. The van der Waals surface area contributed by atoms with Crippen LogP contribution in [0.1, 0.15) is 32.7 Å². The van der Waals surface area contributed by atoms with Crippen molar-refractivity contribution in [3.8, 4) is 11.1 Å². The van der Waals surface area contributed by atoms with Gasteiger partial charge in [0.2, 0.25) is 5.91 Å². The number of carbonyl (C=O) groups excluding carboxylic acids is 4. The molecule has 2 saturated heterocycles. The molecule has 0 radical (unpaired) electrons. The number of imide groups is 1. The summed E-state index contributed by atoms with van der Waals surface area (Å²) >= 11 is 6.21. The number of amides is 2. The third-order valence-electron chi connectivity index (χ3n) is 8.40. The van der Waals surface area contributed by atoms with Crippen molar-refractivity contribution in [2.45, 2.75) is 19.4 Å². The highest BCUT2D eigenvalue weighted by molar-refractivity contribution is 6.30. The highest BCUT2D eigenvalue weighted by Crippen LogP contribution is 2.29. The summed E-state index contributed by atoms with van der Waals surface area (Å²) in [5.41, 5.74) is 5.30. The van der Waals surface area contributed by atoms with Gasteiger partial charge in [-0.2, -0.15) is 0 Å². The normalized spacial score (nSPS) is 17.1. The molecule has 45 heavy (non-hydrogen) atoms. The van der Waals surface area contributed by atoms with Crippen LogP contribution in [-0.2, 0) is 14.3 Å². The van der Waals surface area contributed by atoms with Crippen molar-refractivity contribution in [1.29, 1.82) is 0 Å². The quantitative estimate of drug-likeness (QED) is 0.139. The fourth-order valence-electron chi connectivity index (χ4n) is 5.89. The molecule has 8 nitrogen and oxygen atoms in total. The van der Waals surface area contributed by atoms with Gasteiger partial charge in [-0.1, -0.05) is 72.3 Å². The lowest BCUT2D eigenvalue weighted by Crippen LogP contribution is -2.52. The number of aryl methyl sites for hydroxylation is 1. The summed E-state index contributed by atoms with van der Waals surface area (Å²) in [4.78, 5) is 57.2. The number of carbonyl (C=O) groups is 4. The Morgan fingerprint density at radius 1 is 0.800 bits per heavy atom. The number of rotatable bonds is 8. The molecule has 2 fully saturated rings. The Morgan fingerprint density at radius 3 is 2.13 bits per heavy atom. The van der Waals surface area contributed by atoms with E-state index in [1.807, 2.05) is 67.6 Å². The summed E-state index contributed by atoms with van der Waals surface area (Å²) in [5.74, 6) is -1.54. The molecule has 4 aromatic rings. The van der Waals surface area contributed by atoms with Gasteiger partial charge in [0.25, 0.3) is 5.91 Å². The van der Waals surface area contributed by atoms with Crippen molar-refractivity contribution in [2.75, 3.05) is 42.6 Å². The molecule has 0 bridgehead atoms. The molecule has 1 atom stereocenters. The first-order valence-corrected chi connectivity index (χ1v) is 15.2. The van der Waals surface area contributed by atoms with Gasteiger partial charge < -0.3 is 9.64 Å². The van der Waals surface area contributed by atoms with Crippen LogP contribution < -0.4 is 9.80 Å². The molecule has 2 aliphatic heterocycles. The highest BCUT2D eigenvalue weighted by atomic mass is 35.5. The van der Waals surface area contributed by atoms with Crippen LogP contribution in [0.5, 0.6) is 0 Å². The first-order chi connectivity index (χ1) is 21.8. The molecule has 0 saturated carbocycles. The molecular weight excluding hydrogens is 590 g/mol.